The van der Waals surface area contributed by atoms with Crippen LogP contribution in [-0.2, 0) is 19.7 Å². The number of aliphatic hydroxyl groups excluding tert-OH is 1. The highest BCUT2D eigenvalue weighted by molar-refractivity contribution is 5.97. The largest absolute Gasteiger partial charge is 0.384 e. The number of hydrogen-bond acceptors (Lipinski definition) is 7. The SMILES string of the molecule is CC[C@H]1CN(C[C@H]2CN[C@H](C)CN2CC(=O)N2CC(C)(C)c3ncc([C@@H](O)c4ccc(F)cc4)cc32)C(=O)CO1. The molecule has 2 fully saturated rings. The van der Waals surface area contributed by atoms with Crippen LogP contribution < -0.4 is 10.2 Å². The summed E-state index contributed by atoms with van der Waals surface area (Å²) < 4.78 is 19.0. The van der Waals surface area contributed by atoms with Gasteiger partial charge in [0, 0.05) is 62.0 Å². The lowest BCUT2D eigenvalue weighted by Crippen LogP contribution is -2.62. The number of fused-ring (bicyclic) bond motifs is 1. The lowest BCUT2D eigenvalue weighted by Gasteiger charge is -2.43. The minimum absolute atomic E-state index is 0.000419. The van der Waals surface area contributed by atoms with Crippen LogP contribution in [0.3, 0.4) is 0 Å². The topological polar surface area (TPSA) is 98.2 Å². The fraction of sp³-hybridized carbons (Fsp3) is 0.567. The van der Waals surface area contributed by atoms with Crippen molar-refractivity contribution in [3.8, 4) is 0 Å². The first-order chi connectivity index (χ1) is 19.1. The molecule has 10 heteroatoms. The van der Waals surface area contributed by atoms with E-state index in [9.17, 15) is 19.1 Å². The van der Waals surface area contributed by atoms with Gasteiger partial charge < -0.3 is 25.0 Å². The third-order valence-corrected chi connectivity index (χ3v) is 8.35. The summed E-state index contributed by atoms with van der Waals surface area (Å²) in [5.41, 5.74) is 2.26. The van der Waals surface area contributed by atoms with E-state index in [0.717, 1.165) is 12.1 Å². The number of ether oxygens (including phenoxy) is 1. The highest BCUT2D eigenvalue weighted by Crippen LogP contribution is 2.40. The quantitative estimate of drug-likeness (QED) is 0.543. The van der Waals surface area contributed by atoms with E-state index < -0.39 is 6.10 Å². The van der Waals surface area contributed by atoms with Gasteiger partial charge in [0.25, 0.3) is 0 Å². The van der Waals surface area contributed by atoms with Crippen LogP contribution in [0.15, 0.2) is 36.5 Å². The van der Waals surface area contributed by atoms with Crippen molar-refractivity contribution < 1.29 is 23.8 Å². The molecule has 5 rings (SSSR count). The van der Waals surface area contributed by atoms with Crippen LogP contribution in [0.1, 0.15) is 57.0 Å². The molecule has 4 atom stereocenters. The predicted molar refractivity (Wildman–Crippen MR) is 150 cm³/mol. The molecule has 2 aromatic rings. The number of benzene rings is 1. The Labute approximate surface area is 235 Å². The maximum Gasteiger partial charge on any atom is 0.248 e. The average Bonchev–Trinajstić information content (AvgIpc) is 3.21. The third-order valence-electron chi connectivity index (χ3n) is 8.35. The summed E-state index contributed by atoms with van der Waals surface area (Å²) in [6, 6.07) is 7.78. The summed E-state index contributed by atoms with van der Waals surface area (Å²) in [4.78, 5) is 37.0. The first-order valence-corrected chi connectivity index (χ1v) is 14.2. The second-order valence-corrected chi connectivity index (χ2v) is 12.0. The number of aromatic nitrogens is 1. The molecular weight excluding hydrogens is 513 g/mol. The Bertz CT molecular complexity index is 1240. The summed E-state index contributed by atoms with van der Waals surface area (Å²) in [5.74, 6) is -0.422. The van der Waals surface area contributed by atoms with Gasteiger partial charge in [0.2, 0.25) is 11.8 Å². The summed E-state index contributed by atoms with van der Waals surface area (Å²) in [6.45, 7) is 11.6. The van der Waals surface area contributed by atoms with E-state index in [4.69, 9.17) is 4.74 Å². The highest BCUT2D eigenvalue weighted by atomic mass is 19.1. The summed E-state index contributed by atoms with van der Waals surface area (Å²) in [7, 11) is 0. The molecule has 3 aliphatic heterocycles. The molecular formula is C30H40FN5O4. The molecule has 2 saturated heterocycles. The number of pyridine rings is 1. The molecule has 2 amide bonds. The average molecular weight is 554 g/mol. The zero-order valence-electron chi connectivity index (χ0n) is 23.8. The number of hydrogen-bond donors (Lipinski definition) is 2. The Morgan fingerprint density at radius 3 is 2.73 bits per heavy atom. The number of amides is 2. The van der Waals surface area contributed by atoms with Gasteiger partial charge in [-0.3, -0.25) is 19.5 Å². The van der Waals surface area contributed by atoms with Crippen molar-refractivity contribution in [1.82, 2.24) is 20.1 Å². The second-order valence-electron chi connectivity index (χ2n) is 12.0. The van der Waals surface area contributed by atoms with Crippen molar-refractivity contribution in [3.05, 3.63) is 59.2 Å². The molecule has 0 radical (unpaired) electrons. The van der Waals surface area contributed by atoms with Crippen LogP contribution in [-0.4, -0.2) is 95.8 Å². The van der Waals surface area contributed by atoms with Gasteiger partial charge in [-0.2, -0.15) is 0 Å². The van der Waals surface area contributed by atoms with Crippen molar-refractivity contribution in [2.75, 3.05) is 50.8 Å². The number of piperazine rings is 1. The van der Waals surface area contributed by atoms with E-state index in [-0.39, 0.29) is 54.4 Å². The number of morpholine rings is 1. The van der Waals surface area contributed by atoms with E-state index in [1.807, 2.05) is 11.0 Å². The predicted octanol–water partition coefficient (Wildman–Crippen LogP) is 2.23. The minimum Gasteiger partial charge on any atom is -0.384 e. The van der Waals surface area contributed by atoms with E-state index in [2.05, 4.69) is 42.9 Å². The smallest absolute Gasteiger partial charge is 0.248 e. The van der Waals surface area contributed by atoms with Crippen LogP contribution in [0, 0.1) is 5.82 Å². The third kappa shape index (κ3) is 5.90. The fourth-order valence-corrected chi connectivity index (χ4v) is 5.98. The number of nitrogens with one attached hydrogen (secondary N) is 1. The van der Waals surface area contributed by atoms with Gasteiger partial charge >= 0.3 is 0 Å². The number of carbonyl (C=O) groups excluding carboxylic acids is 2. The summed E-state index contributed by atoms with van der Waals surface area (Å²) >= 11 is 0. The van der Waals surface area contributed by atoms with Crippen LogP contribution in [0.4, 0.5) is 10.1 Å². The standard InChI is InChI=1S/C30H40FN5O4/c1-5-24-15-35(27(38)17-40-24)14-23-12-32-19(2)13-34(23)16-26(37)36-18-30(3,4)29-25(36)10-21(11-33-29)28(39)20-6-8-22(31)9-7-20/h6-11,19,23-24,28,32,39H,5,12-18H2,1-4H3/t19-,23-,24+,28+/m1/s1. The Balaban J connectivity index is 1.35. The minimum atomic E-state index is -0.990. The molecule has 1 aromatic heterocycles. The Hall–Kier alpha value is -2.92. The van der Waals surface area contributed by atoms with Gasteiger partial charge in [0.05, 0.1) is 24.0 Å². The Morgan fingerprint density at radius 2 is 2.00 bits per heavy atom. The number of carbonyl (C=O) groups is 2. The van der Waals surface area contributed by atoms with Crippen molar-refractivity contribution >= 4 is 17.5 Å². The first kappa shape index (κ1) is 28.6. The summed E-state index contributed by atoms with van der Waals surface area (Å²) in [6.07, 6.45) is 1.54. The van der Waals surface area contributed by atoms with Crippen molar-refractivity contribution in [1.29, 1.82) is 0 Å². The lowest BCUT2D eigenvalue weighted by atomic mass is 9.90. The molecule has 9 nitrogen and oxygen atoms in total. The van der Waals surface area contributed by atoms with Crippen molar-refractivity contribution in [2.45, 2.75) is 63.8 Å². The van der Waals surface area contributed by atoms with Crippen LogP contribution in [0.5, 0.6) is 0 Å². The number of rotatable bonds is 7. The number of anilines is 1. The van der Waals surface area contributed by atoms with Crippen molar-refractivity contribution in [3.63, 3.8) is 0 Å². The zero-order valence-corrected chi connectivity index (χ0v) is 23.8. The second kappa shape index (κ2) is 11.5. The molecule has 3 aliphatic rings. The zero-order chi connectivity index (χ0) is 28.6. The molecule has 0 aliphatic carbocycles. The molecule has 0 bridgehead atoms. The van der Waals surface area contributed by atoms with E-state index >= 15 is 0 Å². The Morgan fingerprint density at radius 1 is 1.25 bits per heavy atom. The van der Waals surface area contributed by atoms with Crippen molar-refractivity contribution in [2.24, 2.45) is 0 Å². The monoisotopic (exact) mass is 553 g/mol. The molecule has 216 valence electrons. The highest BCUT2D eigenvalue weighted by Gasteiger charge is 2.41. The molecule has 1 aromatic carbocycles. The van der Waals surface area contributed by atoms with Crippen LogP contribution in [0.25, 0.3) is 0 Å². The van der Waals surface area contributed by atoms with Gasteiger partial charge in [-0.1, -0.05) is 32.9 Å². The number of nitrogens with zero attached hydrogens (tertiary/aromatic N) is 4. The van der Waals surface area contributed by atoms with Gasteiger partial charge in [0.1, 0.15) is 18.5 Å². The van der Waals surface area contributed by atoms with Gasteiger partial charge in [-0.25, -0.2) is 4.39 Å². The van der Waals surface area contributed by atoms with E-state index in [1.54, 1.807) is 23.2 Å². The Kier molecular flexibility index (Phi) is 8.24. The molecule has 0 spiro atoms. The maximum atomic E-state index is 13.9. The van der Waals surface area contributed by atoms with Gasteiger partial charge in [0.15, 0.2) is 0 Å². The van der Waals surface area contributed by atoms with Crippen LogP contribution >= 0.6 is 0 Å². The number of halogens is 1. The van der Waals surface area contributed by atoms with Gasteiger partial charge in [-0.05, 0) is 37.1 Å². The normalized spacial score (nSPS) is 25.6. The van der Waals surface area contributed by atoms with E-state index in [1.165, 1.54) is 12.1 Å². The fourth-order valence-electron chi connectivity index (χ4n) is 5.98. The van der Waals surface area contributed by atoms with Crippen LogP contribution in [0.2, 0.25) is 0 Å². The molecule has 4 heterocycles. The van der Waals surface area contributed by atoms with E-state index in [0.29, 0.717) is 49.5 Å². The van der Waals surface area contributed by atoms with Gasteiger partial charge in [-0.15, -0.1) is 0 Å². The number of aliphatic hydroxyl groups is 1. The lowest BCUT2D eigenvalue weighted by molar-refractivity contribution is -0.150. The molecule has 0 unspecified atom stereocenters. The molecule has 40 heavy (non-hydrogen) atoms. The maximum absolute atomic E-state index is 13.9. The first-order valence-electron chi connectivity index (χ1n) is 14.2. The molecule has 2 N–H and O–H groups in total. The summed E-state index contributed by atoms with van der Waals surface area (Å²) in [5, 5.41) is 14.5. The molecule has 0 saturated carbocycles.